The number of carbonyl (C=O) groups excluding carboxylic acids is 2. The zero-order chi connectivity index (χ0) is 21.4. The third-order valence-electron chi connectivity index (χ3n) is 3.69. The van der Waals surface area contributed by atoms with Gasteiger partial charge in [0, 0.05) is 16.9 Å². The Hall–Kier alpha value is -2.74. The second-order valence-corrected chi connectivity index (χ2v) is 7.43. The molecular formula is C21H25BrN2O5. The topological polar surface area (TPSA) is 85.9 Å². The SMILES string of the molecule is CCOc1c(Br)cc(C(=O)Nc2cccc(NC(=O)OCC(C)C)c2)cc1OC. The lowest BCUT2D eigenvalue weighted by Crippen LogP contribution is -2.17. The van der Waals surface area contributed by atoms with Gasteiger partial charge in [0.15, 0.2) is 11.5 Å². The molecule has 0 saturated carbocycles. The molecule has 2 N–H and O–H groups in total. The Labute approximate surface area is 178 Å². The third-order valence-corrected chi connectivity index (χ3v) is 4.28. The van der Waals surface area contributed by atoms with Crippen LogP contribution in [0.4, 0.5) is 16.2 Å². The zero-order valence-electron chi connectivity index (χ0n) is 16.9. The van der Waals surface area contributed by atoms with Crippen molar-refractivity contribution in [3.8, 4) is 11.5 Å². The van der Waals surface area contributed by atoms with Gasteiger partial charge in [-0.15, -0.1) is 0 Å². The van der Waals surface area contributed by atoms with Gasteiger partial charge < -0.3 is 19.5 Å². The van der Waals surface area contributed by atoms with Crippen molar-refractivity contribution in [3.05, 3.63) is 46.4 Å². The van der Waals surface area contributed by atoms with E-state index in [1.165, 1.54) is 7.11 Å². The van der Waals surface area contributed by atoms with Gasteiger partial charge in [0.2, 0.25) is 0 Å². The molecule has 2 amide bonds. The average Bonchev–Trinajstić information content (AvgIpc) is 2.68. The molecule has 2 aromatic carbocycles. The highest BCUT2D eigenvalue weighted by Crippen LogP contribution is 2.36. The molecule has 0 radical (unpaired) electrons. The summed E-state index contributed by atoms with van der Waals surface area (Å²) in [5.41, 5.74) is 1.44. The van der Waals surface area contributed by atoms with E-state index < -0.39 is 6.09 Å². The van der Waals surface area contributed by atoms with Gasteiger partial charge in [-0.05, 0) is 59.1 Å². The Morgan fingerprint density at radius 2 is 1.79 bits per heavy atom. The van der Waals surface area contributed by atoms with Crippen LogP contribution in [0, 0.1) is 5.92 Å². The molecule has 0 spiro atoms. The van der Waals surface area contributed by atoms with Crippen LogP contribution in [0.1, 0.15) is 31.1 Å². The van der Waals surface area contributed by atoms with Gasteiger partial charge in [-0.1, -0.05) is 19.9 Å². The smallest absolute Gasteiger partial charge is 0.411 e. The number of methoxy groups -OCH3 is 1. The summed E-state index contributed by atoms with van der Waals surface area (Å²) in [5, 5.41) is 5.45. The quantitative estimate of drug-likeness (QED) is 0.552. The molecular weight excluding hydrogens is 440 g/mol. The molecule has 8 heteroatoms. The van der Waals surface area contributed by atoms with Crippen LogP contribution in [-0.2, 0) is 4.74 Å². The maximum absolute atomic E-state index is 12.7. The van der Waals surface area contributed by atoms with Crippen molar-refractivity contribution in [1.29, 1.82) is 0 Å². The van der Waals surface area contributed by atoms with Crippen LogP contribution in [-0.4, -0.2) is 32.3 Å². The van der Waals surface area contributed by atoms with Crippen LogP contribution < -0.4 is 20.1 Å². The van der Waals surface area contributed by atoms with Crippen molar-refractivity contribution in [1.82, 2.24) is 0 Å². The standard InChI is InChI=1S/C21H25BrN2O5/c1-5-28-19-17(22)9-14(10-18(19)27-4)20(25)23-15-7-6-8-16(11-15)24-21(26)29-12-13(2)3/h6-11,13H,5,12H2,1-4H3,(H,23,25)(H,24,26). The molecule has 0 aliphatic rings. The first-order valence-electron chi connectivity index (χ1n) is 9.19. The van der Waals surface area contributed by atoms with E-state index in [-0.39, 0.29) is 11.8 Å². The zero-order valence-corrected chi connectivity index (χ0v) is 18.5. The highest BCUT2D eigenvalue weighted by Gasteiger charge is 2.16. The summed E-state index contributed by atoms with van der Waals surface area (Å²) in [7, 11) is 1.51. The van der Waals surface area contributed by atoms with Crippen LogP contribution in [0.3, 0.4) is 0 Å². The highest BCUT2D eigenvalue weighted by molar-refractivity contribution is 9.10. The van der Waals surface area contributed by atoms with E-state index in [4.69, 9.17) is 14.2 Å². The molecule has 0 aliphatic heterocycles. The fourth-order valence-electron chi connectivity index (χ4n) is 2.41. The van der Waals surface area contributed by atoms with Crippen LogP contribution in [0.2, 0.25) is 0 Å². The van der Waals surface area contributed by atoms with Crippen LogP contribution in [0.25, 0.3) is 0 Å². The van der Waals surface area contributed by atoms with E-state index in [2.05, 4.69) is 26.6 Å². The van der Waals surface area contributed by atoms with Crippen molar-refractivity contribution in [2.45, 2.75) is 20.8 Å². The number of benzene rings is 2. The number of halogens is 1. The van der Waals surface area contributed by atoms with Gasteiger partial charge in [0.25, 0.3) is 5.91 Å². The molecule has 0 bridgehead atoms. The van der Waals surface area contributed by atoms with Crippen LogP contribution in [0.15, 0.2) is 40.9 Å². The van der Waals surface area contributed by atoms with E-state index in [0.29, 0.717) is 46.1 Å². The Morgan fingerprint density at radius 3 is 2.41 bits per heavy atom. The highest BCUT2D eigenvalue weighted by atomic mass is 79.9. The van der Waals surface area contributed by atoms with E-state index in [1.54, 1.807) is 36.4 Å². The van der Waals surface area contributed by atoms with Crippen LogP contribution in [0.5, 0.6) is 11.5 Å². The summed E-state index contributed by atoms with van der Waals surface area (Å²) in [6, 6.07) is 10.1. The number of rotatable bonds is 8. The Morgan fingerprint density at radius 1 is 1.10 bits per heavy atom. The van der Waals surface area contributed by atoms with Gasteiger partial charge in [-0.2, -0.15) is 0 Å². The second-order valence-electron chi connectivity index (χ2n) is 6.57. The molecule has 29 heavy (non-hydrogen) atoms. The molecule has 0 aromatic heterocycles. The maximum atomic E-state index is 12.7. The number of carbonyl (C=O) groups is 2. The molecule has 0 saturated heterocycles. The average molecular weight is 465 g/mol. The van der Waals surface area contributed by atoms with Crippen molar-refractivity contribution in [2.24, 2.45) is 5.92 Å². The van der Waals surface area contributed by atoms with Gasteiger partial charge in [-0.3, -0.25) is 10.1 Å². The second kappa shape index (κ2) is 10.7. The Balaban J connectivity index is 2.11. The normalized spacial score (nSPS) is 10.4. The molecule has 0 heterocycles. The Bertz CT molecular complexity index is 870. The van der Waals surface area contributed by atoms with Gasteiger partial charge in [0.1, 0.15) is 0 Å². The molecule has 0 aliphatic carbocycles. The molecule has 0 fully saturated rings. The number of ether oxygens (including phenoxy) is 3. The molecule has 0 unspecified atom stereocenters. The lowest BCUT2D eigenvalue weighted by atomic mass is 10.1. The fraction of sp³-hybridized carbons (Fsp3) is 0.333. The first kappa shape index (κ1) is 22.5. The van der Waals surface area contributed by atoms with Crippen molar-refractivity contribution in [2.75, 3.05) is 31.0 Å². The minimum absolute atomic E-state index is 0.247. The van der Waals surface area contributed by atoms with Crippen molar-refractivity contribution in [3.63, 3.8) is 0 Å². The lowest BCUT2D eigenvalue weighted by molar-refractivity contribution is 0.102. The number of nitrogens with one attached hydrogen (secondary N) is 2. The van der Waals surface area contributed by atoms with Crippen molar-refractivity contribution < 1.29 is 23.8 Å². The van der Waals surface area contributed by atoms with Crippen molar-refractivity contribution >= 4 is 39.3 Å². The number of hydrogen-bond donors (Lipinski definition) is 2. The predicted octanol–water partition coefficient (Wildman–Crippen LogP) is 5.31. The van der Waals surface area contributed by atoms with Gasteiger partial charge in [0.05, 0.1) is 24.8 Å². The largest absolute Gasteiger partial charge is 0.493 e. The minimum Gasteiger partial charge on any atom is -0.493 e. The summed E-state index contributed by atoms with van der Waals surface area (Å²) in [6.07, 6.45) is -0.539. The van der Waals surface area contributed by atoms with Gasteiger partial charge in [-0.25, -0.2) is 4.79 Å². The molecule has 2 aromatic rings. The third kappa shape index (κ3) is 6.67. The summed E-state index contributed by atoms with van der Waals surface area (Å²) >= 11 is 3.41. The van der Waals surface area contributed by atoms with E-state index in [1.807, 2.05) is 20.8 Å². The predicted molar refractivity (Wildman–Crippen MR) is 116 cm³/mol. The monoisotopic (exact) mass is 464 g/mol. The first-order chi connectivity index (χ1) is 13.8. The number of hydrogen-bond acceptors (Lipinski definition) is 5. The lowest BCUT2D eigenvalue weighted by Gasteiger charge is -2.14. The summed E-state index contributed by atoms with van der Waals surface area (Å²) in [4.78, 5) is 24.5. The molecule has 156 valence electrons. The van der Waals surface area contributed by atoms with Gasteiger partial charge >= 0.3 is 6.09 Å². The number of amides is 2. The fourth-order valence-corrected chi connectivity index (χ4v) is 2.97. The summed E-state index contributed by atoms with van der Waals surface area (Å²) in [5.74, 6) is 0.913. The maximum Gasteiger partial charge on any atom is 0.411 e. The summed E-state index contributed by atoms with van der Waals surface area (Å²) in [6.45, 7) is 6.58. The van der Waals surface area contributed by atoms with Crippen LogP contribution >= 0.6 is 15.9 Å². The minimum atomic E-state index is -0.539. The number of anilines is 2. The molecule has 7 nitrogen and oxygen atoms in total. The van der Waals surface area contributed by atoms with E-state index in [9.17, 15) is 9.59 Å². The first-order valence-corrected chi connectivity index (χ1v) is 9.98. The van der Waals surface area contributed by atoms with E-state index in [0.717, 1.165) is 0 Å². The Kier molecular flexibility index (Phi) is 8.33. The molecule has 2 rings (SSSR count). The summed E-state index contributed by atoms with van der Waals surface area (Å²) < 4.78 is 16.6. The molecule has 0 atom stereocenters. The van der Waals surface area contributed by atoms with E-state index >= 15 is 0 Å².